The van der Waals surface area contributed by atoms with Gasteiger partial charge in [0, 0.05) is 0 Å². The van der Waals surface area contributed by atoms with E-state index in [9.17, 15) is 4.39 Å². The summed E-state index contributed by atoms with van der Waals surface area (Å²) in [5.41, 5.74) is 1.12. The molecule has 0 bridgehead atoms. The second-order valence-electron chi connectivity index (χ2n) is 2.21. The van der Waals surface area contributed by atoms with Crippen molar-refractivity contribution in [1.82, 2.24) is 0 Å². The maximum atomic E-state index is 12.3. The predicted octanol–water partition coefficient (Wildman–Crippen LogP) is 3.22. The molecule has 0 aliphatic carbocycles. The van der Waals surface area contributed by atoms with Crippen molar-refractivity contribution in [2.75, 3.05) is 0 Å². The highest BCUT2D eigenvalue weighted by Crippen LogP contribution is 2.02. The number of halogens is 1. The normalized spacial score (nSPS) is 11.3. The van der Waals surface area contributed by atoms with E-state index >= 15 is 0 Å². The molecule has 0 unspecified atom stereocenters. The third-order valence-electron chi connectivity index (χ3n) is 0.935. The fourth-order valence-corrected chi connectivity index (χ4v) is 0.375. The Bertz CT molecular complexity index is 128. The molecule has 0 fully saturated rings. The lowest BCUT2D eigenvalue weighted by Crippen LogP contribution is -1.66. The molecule has 0 aromatic rings. The van der Waals surface area contributed by atoms with E-state index < -0.39 is 0 Å². The number of hydrogen-bond acceptors (Lipinski definition) is 0. The molecule has 0 aliphatic heterocycles. The summed E-state index contributed by atoms with van der Waals surface area (Å²) in [6.45, 7) is 5.68. The van der Waals surface area contributed by atoms with Crippen LogP contribution in [0, 0.1) is 0 Å². The van der Waals surface area contributed by atoms with Crippen molar-refractivity contribution in [3.8, 4) is 0 Å². The Labute approximate surface area is 56.1 Å². The van der Waals surface area contributed by atoms with Crippen LogP contribution < -0.4 is 0 Å². The molecule has 0 N–H and O–H groups in total. The van der Waals surface area contributed by atoms with Crippen molar-refractivity contribution in [3.05, 3.63) is 23.6 Å². The summed E-state index contributed by atoms with van der Waals surface area (Å²) in [6, 6.07) is 0. The van der Waals surface area contributed by atoms with E-state index in [1.165, 1.54) is 6.08 Å². The van der Waals surface area contributed by atoms with Gasteiger partial charge in [-0.1, -0.05) is 18.6 Å². The van der Waals surface area contributed by atoms with E-state index in [0.717, 1.165) is 5.57 Å². The van der Waals surface area contributed by atoms with Gasteiger partial charge in [-0.25, -0.2) is 4.39 Å². The molecule has 0 aromatic heterocycles. The summed E-state index contributed by atoms with van der Waals surface area (Å²) < 4.78 is 12.3. The zero-order valence-corrected chi connectivity index (χ0v) is 6.24. The van der Waals surface area contributed by atoms with Crippen LogP contribution in [0.15, 0.2) is 23.6 Å². The highest BCUT2D eigenvalue weighted by molar-refractivity contribution is 5.10. The Hall–Kier alpha value is -0.590. The van der Waals surface area contributed by atoms with Gasteiger partial charge in [-0.2, -0.15) is 0 Å². The lowest BCUT2D eigenvalue weighted by Gasteiger charge is -1.85. The zero-order chi connectivity index (χ0) is 7.28. The average molecular weight is 128 g/mol. The quantitative estimate of drug-likeness (QED) is 0.501. The molecule has 0 nitrogen and oxygen atoms in total. The SMILES string of the molecule is CC/C(F)=C\C=C(C)C. The Kier molecular flexibility index (Phi) is 4.02. The summed E-state index contributed by atoms with van der Waals surface area (Å²) in [4.78, 5) is 0. The topological polar surface area (TPSA) is 0 Å². The third-order valence-corrected chi connectivity index (χ3v) is 0.935. The maximum Gasteiger partial charge on any atom is 0.0996 e. The fourth-order valence-electron chi connectivity index (χ4n) is 0.375. The van der Waals surface area contributed by atoms with Crippen molar-refractivity contribution in [3.63, 3.8) is 0 Å². The largest absolute Gasteiger partial charge is 0.212 e. The van der Waals surface area contributed by atoms with Crippen LogP contribution in [-0.2, 0) is 0 Å². The van der Waals surface area contributed by atoms with Gasteiger partial charge < -0.3 is 0 Å². The van der Waals surface area contributed by atoms with Crippen LogP contribution in [0.25, 0.3) is 0 Å². The fraction of sp³-hybridized carbons (Fsp3) is 0.500. The Balaban J connectivity index is 3.83. The first kappa shape index (κ1) is 8.41. The lowest BCUT2D eigenvalue weighted by molar-refractivity contribution is 0.604. The van der Waals surface area contributed by atoms with Gasteiger partial charge >= 0.3 is 0 Å². The molecular weight excluding hydrogens is 115 g/mol. The highest BCUT2D eigenvalue weighted by Gasteiger charge is 1.83. The summed E-state index contributed by atoms with van der Waals surface area (Å²) in [5, 5.41) is 0. The Morgan fingerprint density at radius 2 is 1.89 bits per heavy atom. The van der Waals surface area contributed by atoms with Crippen molar-refractivity contribution >= 4 is 0 Å². The van der Waals surface area contributed by atoms with E-state index in [4.69, 9.17) is 0 Å². The molecule has 0 radical (unpaired) electrons. The van der Waals surface area contributed by atoms with Crippen LogP contribution in [0.3, 0.4) is 0 Å². The van der Waals surface area contributed by atoms with Crippen LogP contribution in [0.5, 0.6) is 0 Å². The van der Waals surface area contributed by atoms with Gasteiger partial charge in [0.05, 0.1) is 5.83 Å². The second-order valence-corrected chi connectivity index (χ2v) is 2.21. The van der Waals surface area contributed by atoms with Crippen LogP contribution >= 0.6 is 0 Å². The van der Waals surface area contributed by atoms with Crippen molar-refractivity contribution in [1.29, 1.82) is 0 Å². The van der Waals surface area contributed by atoms with Gasteiger partial charge in [0.25, 0.3) is 0 Å². The highest BCUT2D eigenvalue weighted by atomic mass is 19.1. The van der Waals surface area contributed by atoms with Crippen LogP contribution in [0.4, 0.5) is 4.39 Å². The van der Waals surface area contributed by atoms with Crippen molar-refractivity contribution in [2.45, 2.75) is 27.2 Å². The molecule has 0 spiro atoms. The molecule has 0 rings (SSSR count). The molecule has 0 amide bonds. The van der Waals surface area contributed by atoms with Gasteiger partial charge in [-0.15, -0.1) is 0 Å². The Morgan fingerprint density at radius 3 is 2.22 bits per heavy atom. The molecule has 0 saturated heterocycles. The zero-order valence-electron chi connectivity index (χ0n) is 6.24. The van der Waals surface area contributed by atoms with E-state index in [1.807, 2.05) is 13.8 Å². The summed E-state index contributed by atoms with van der Waals surface area (Å²) in [6.07, 6.45) is 3.78. The van der Waals surface area contributed by atoms with Crippen LogP contribution in [-0.4, -0.2) is 0 Å². The molecule has 1 heteroatoms. The number of hydrogen-bond donors (Lipinski definition) is 0. The molecule has 52 valence electrons. The molecule has 0 atom stereocenters. The predicted molar refractivity (Wildman–Crippen MR) is 38.9 cm³/mol. The van der Waals surface area contributed by atoms with E-state index in [-0.39, 0.29) is 5.83 Å². The maximum absolute atomic E-state index is 12.3. The van der Waals surface area contributed by atoms with Gasteiger partial charge in [-0.3, -0.25) is 0 Å². The average Bonchev–Trinajstić information content (AvgIpc) is 1.83. The summed E-state index contributed by atoms with van der Waals surface area (Å²) >= 11 is 0. The Morgan fingerprint density at radius 1 is 1.33 bits per heavy atom. The van der Waals surface area contributed by atoms with E-state index in [2.05, 4.69) is 0 Å². The third kappa shape index (κ3) is 5.28. The minimum atomic E-state index is -0.0591. The number of allylic oxidation sites excluding steroid dienone is 4. The molecule has 0 aromatic carbocycles. The van der Waals surface area contributed by atoms with E-state index in [1.54, 1.807) is 13.0 Å². The standard InChI is InChI=1S/C8H13F/c1-4-8(9)6-5-7(2)3/h5-6H,4H2,1-3H3/b8-6+. The first-order chi connectivity index (χ1) is 4.16. The van der Waals surface area contributed by atoms with Crippen LogP contribution in [0.2, 0.25) is 0 Å². The van der Waals surface area contributed by atoms with Crippen molar-refractivity contribution in [2.24, 2.45) is 0 Å². The monoisotopic (exact) mass is 128 g/mol. The smallest absolute Gasteiger partial charge is 0.0996 e. The van der Waals surface area contributed by atoms with Gasteiger partial charge in [0.15, 0.2) is 0 Å². The van der Waals surface area contributed by atoms with Crippen molar-refractivity contribution < 1.29 is 4.39 Å². The minimum absolute atomic E-state index is 0.0591. The minimum Gasteiger partial charge on any atom is -0.212 e. The summed E-state index contributed by atoms with van der Waals surface area (Å²) in [5.74, 6) is -0.0591. The van der Waals surface area contributed by atoms with Gasteiger partial charge in [0.1, 0.15) is 0 Å². The van der Waals surface area contributed by atoms with E-state index in [0.29, 0.717) is 6.42 Å². The molecule has 9 heavy (non-hydrogen) atoms. The molecule has 0 heterocycles. The molecular formula is C8H13F. The first-order valence-corrected chi connectivity index (χ1v) is 3.16. The van der Waals surface area contributed by atoms with Gasteiger partial charge in [0.2, 0.25) is 0 Å². The lowest BCUT2D eigenvalue weighted by atomic mass is 10.3. The van der Waals surface area contributed by atoms with Crippen LogP contribution in [0.1, 0.15) is 27.2 Å². The second kappa shape index (κ2) is 4.30. The molecule has 0 aliphatic rings. The summed E-state index contributed by atoms with van der Waals surface area (Å²) in [7, 11) is 0. The van der Waals surface area contributed by atoms with Gasteiger partial charge in [-0.05, 0) is 26.3 Å². The first-order valence-electron chi connectivity index (χ1n) is 3.16. The molecule has 0 saturated carbocycles. The number of rotatable bonds is 2.